The molecule has 2 atom stereocenters. The molecule has 5 rings (SSSR count). The van der Waals surface area contributed by atoms with Crippen molar-refractivity contribution >= 4 is 35.2 Å². The minimum absolute atomic E-state index is 0.215. The zero-order chi connectivity index (χ0) is 27.2. The van der Waals surface area contributed by atoms with Gasteiger partial charge in [-0.05, 0) is 50.1 Å². The molecule has 38 heavy (non-hydrogen) atoms. The van der Waals surface area contributed by atoms with E-state index >= 15 is 0 Å². The smallest absolute Gasteiger partial charge is 0.421 e. The standard InChI is InChI=1S/C30H28N2O6/c1-29(2,3)38-28(36)32-24-16-9-8-15-22(24)30(27(32)35,19-11-6-5-7-12-19)23-18-25(33)31(26(23)34)20-13-10-14-21(17-20)37-4/h5-17,23H,18H2,1-4H3/t23-,30-/m1/s1. The normalized spacial score (nSPS) is 21.1. The van der Waals surface area contributed by atoms with Crippen molar-refractivity contribution in [3.05, 3.63) is 90.0 Å². The molecule has 0 spiro atoms. The molecule has 0 aromatic heterocycles. The van der Waals surface area contributed by atoms with Gasteiger partial charge in [-0.15, -0.1) is 0 Å². The highest BCUT2D eigenvalue weighted by Crippen LogP contribution is 2.54. The summed E-state index contributed by atoms with van der Waals surface area (Å²) in [5.41, 5.74) is -0.798. The van der Waals surface area contributed by atoms with Crippen LogP contribution in [0.15, 0.2) is 78.9 Å². The lowest BCUT2D eigenvalue weighted by Gasteiger charge is -2.33. The second-order valence-electron chi connectivity index (χ2n) is 10.3. The maximum Gasteiger partial charge on any atom is 0.421 e. The lowest BCUT2D eigenvalue weighted by molar-refractivity contribution is -0.130. The number of carbonyl (C=O) groups excluding carboxylic acids is 4. The number of hydrogen-bond donors (Lipinski definition) is 0. The van der Waals surface area contributed by atoms with Gasteiger partial charge < -0.3 is 9.47 Å². The first-order valence-corrected chi connectivity index (χ1v) is 12.3. The van der Waals surface area contributed by atoms with Gasteiger partial charge in [-0.25, -0.2) is 9.69 Å². The number of methoxy groups -OCH3 is 1. The van der Waals surface area contributed by atoms with Gasteiger partial charge in [0.15, 0.2) is 0 Å². The molecule has 8 nitrogen and oxygen atoms in total. The molecule has 8 heteroatoms. The summed E-state index contributed by atoms with van der Waals surface area (Å²) in [6, 6.07) is 22.4. The summed E-state index contributed by atoms with van der Waals surface area (Å²) in [6.45, 7) is 5.15. The van der Waals surface area contributed by atoms with E-state index in [0.717, 1.165) is 9.80 Å². The van der Waals surface area contributed by atoms with Crippen molar-refractivity contribution in [2.75, 3.05) is 16.9 Å². The Hall–Kier alpha value is -4.46. The van der Waals surface area contributed by atoms with Crippen LogP contribution in [-0.4, -0.2) is 36.5 Å². The number of amides is 4. The number of carbonyl (C=O) groups is 4. The molecule has 3 aromatic rings. The van der Waals surface area contributed by atoms with Gasteiger partial charge in [-0.1, -0.05) is 54.6 Å². The molecule has 0 saturated carbocycles. The van der Waals surface area contributed by atoms with Crippen LogP contribution in [0.3, 0.4) is 0 Å². The zero-order valence-electron chi connectivity index (χ0n) is 21.6. The molecule has 2 aliphatic heterocycles. The maximum atomic E-state index is 14.5. The van der Waals surface area contributed by atoms with Gasteiger partial charge in [0.2, 0.25) is 11.8 Å². The zero-order valence-corrected chi connectivity index (χ0v) is 21.6. The number of para-hydroxylation sites is 1. The topological polar surface area (TPSA) is 93.2 Å². The Morgan fingerprint density at radius 3 is 2.29 bits per heavy atom. The SMILES string of the molecule is COc1cccc(N2C(=O)C[C@@H]([C@]3(c4ccccc4)C(=O)N(C(=O)OC(C)(C)C)c4ccccc43)C2=O)c1. The van der Waals surface area contributed by atoms with Gasteiger partial charge >= 0.3 is 6.09 Å². The Bertz CT molecular complexity index is 1440. The first-order chi connectivity index (χ1) is 18.1. The van der Waals surface area contributed by atoms with Gasteiger partial charge in [-0.3, -0.25) is 19.3 Å². The lowest BCUT2D eigenvalue weighted by atomic mass is 9.65. The number of ether oxygens (including phenoxy) is 2. The third-order valence-corrected chi connectivity index (χ3v) is 6.90. The summed E-state index contributed by atoms with van der Waals surface area (Å²) in [6.07, 6.45) is -1.05. The van der Waals surface area contributed by atoms with Gasteiger partial charge in [-0.2, -0.15) is 0 Å². The van der Waals surface area contributed by atoms with Crippen molar-refractivity contribution in [3.63, 3.8) is 0 Å². The molecule has 3 aromatic carbocycles. The third kappa shape index (κ3) is 3.84. The second kappa shape index (κ2) is 9.13. The number of rotatable bonds is 4. The second-order valence-corrected chi connectivity index (χ2v) is 10.3. The number of fused-ring (bicyclic) bond motifs is 1. The van der Waals surface area contributed by atoms with Crippen LogP contribution in [0.25, 0.3) is 0 Å². The van der Waals surface area contributed by atoms with E-state index in [9.17, 15) is 19.2 Å². The summed E-state index contributed by atoms with van der Waals surface area (Å²) >= 11 is 0. The van der Waals surface area contributed by atoms with E-state index in [2.05, 4.69) is 0 Å². The molecule has 0 bridgehead atoms. The highest BCUT2D eigenvalue weighted by molar-refractivity contribution is 6.28. The van der Waals surface area contributed by atoms with Crippen LogP contribution < -0.4 is 14.5 Å². The predicted molar refractivity (Wildman–Crippen MR) is 141 cm³/mol. The van der Waals surface area contributed by atoms with E-state index in [-0.39, 0.29) is 6.42 Å². The molecule has 4 amide bonds. The highest BCUT2D eigenvalue weighted by Gasteiger charge is 2.64. The summed E-state index contributed by atoms with van der Waals surface area (Å²) in [5, 5.41) is 0. The van der Waals surface area contributed by atoms with Gasteiger partial charge in [0.05, 0.1) is 24.4 Å². The molecular weight excluding hydrogens is 484 g/mol. The molecule has 0 radical (unpaired) electrons. The van der Waals surface area contributed by atoms with Crippen molar-refractivity contribution in [1.29, 1.82) is 0 Å². The van der Waals surface area contributed by atoms with Crippen LogP contribution in [0.2, 0.25) is 0 Å². The Kier molecular flexibility index (Phi) is 6.06. The van der Waals surface area contributed by atoms with Crippen LogP contribution >= 0.6 is 0 Å². The van der Waals surface area contributed by atoms with E-state index in [0.29, 0.717) is 28.3 Å². The van der Waals surface area contributed by atoms with Gasteiger partial charge in [0.25, 0.3) is 5.91 Å². The van der Waals surface area contributed by atoms with E-state index < -0.39 is 40.7 Å². The van der Waals surface area contributed by atoms with Crippen LogP contribution in [-0.2, 0) is 24.5 Å². The van der Waals surface area contributed by atoms with E-state index in [4.69, 9.17) is 9.47 Å². The molecule has 1 fully saturated rings. The number of anilines is 2. The molecule has 2 aliphatic rings. The predicted octanol–water partition coefficient (Wildman–Crippen LogP) is 4.84. The monoisotopic (exact) mass is 512 g/mol. The fourth-order valence-electron chi connectivity index (χ4n) is 5.40. The average molecular weight is 513 g/mol. The molecule has 0 aliphatic carbocycles. The molecule has 2 heterocycles. The Morgan fingerprint density at radius 2 is 1.61 bits per heavy atom. The number of nitrogens with zero attached hydrogens (tertiary/aromatic N) is 2. The van der Waals surface area contributed by atoms with E-state index in [1.54, 1.807) is 99.6 Å². The minimum Gasteiger partial charge on any atom is -0.497 e. The van der Waals surface area contributed by atoms with E-state index in [1.807, 2.05) is 0 Å². The molecule has 1 saturated heterocycles. The fraction of sp³-hybridized carbons (Fsp3) is 0.267. The van der Waals surface area contributed by atoms with Crippen LogP contribution in [0.1, 0.15) is 38.3 Å². The summed E-state index contributed by atoms with van der Waals surface area (Å²) < 4.78 is 10.9. The van der Waals surface area contributed by atoms with Gasteiger partial charge in [0, 0.05) is 12.5 Å². The first kappa shape index (κ1) is 25.2. The summed E-state index contributed by atoms with van der Waals surface area (Å²) in [4.78, 5) is 57.5. The number of hydrogen-bond acceptors (Lipinski definition) is 6. The van der Waals surface area contributed by atoms with Crippen LogP contribution in [0.4, 0.5) is 16.2 Å². The first-order valence-electron chi connectivity index (χ1n) is 12.3. The lowest BCUT2D eigenvalue weighted by Crippen LogP contribution is -2.51. The molecule has 194 valence electrons. The van der Waals surface area contributed by atoms with Crippen molar-refractivity contribution in [2.24, 2.45) is 5.92 Å². The Labute approximate surface area is 220 Å². The van der Waals surface area contributed by atoms with Crippen molar-refractivity contribution in [3.8, 4) is 5.75 Å². The van der Waals surface area contributed by atoms with Crippen LogP contribution in [0.5, 0.6) is 5.75 Å². The molecule has 0 unspecified atom stereocenters. The van der Waals surface area contributed by atoms with Crippen LogP contribution in [0, 0.1) is 5.92 Å². The average Bonchev–Trinajstić information content (AvgIpc) is 3.33. The number of imide groups is 2. The van der Waals surface area contributed by atoms with Crippen molar-refractivity contribution < 1.29 is 28.7 Å². The number of benzene rings is 3. The summed E-state index contributed by atoms with van der Waals surface area (Å²) in [5.74, 6) is -2.20. The Balaban J connectivity index is 1.70. The highest BCUT2D eigenvalue weighted by atomic mass is 16.6. The molecular formula is C30H28N2O6. The maximum absolute atomic E-state index is 14.5. The summed E-state index contributed by atoms with van der Waals surface area (Å²) in [7, 11) is 1.50. The molecule has 0 N–H and O–H groups in total. The largest absolute Gasteiger partial charge is 0.497 e. The third-order valence-electron chi connectivity index (χ3n) is 6.90. The fourth-order valence-corrected chi connectivity index (χ4v) is 5.40. The van der Waals surface area contributed by atoms with Crippen molar-refractivity contribution in [1.82, 2.24) is 0 Å². The van der Waals surface area contributed by atoms with E-state index in [1.165, 1.54) is 7.11 Å². The Morgan fingerprint density at radius 1 is 0.921 bits per heavy atom. The minimum atomic E-state index is -1.62. The van der Waals surface area contributed by atoms with Crippen molar-refractivity contribution in [2.45, 2.75) is 38.2 Å². The van der Waals surface area contributed by atoms with Gasteiger partial charge in [0.1, 0.15) is 16.8 Å². The quantitative estimate of drug-likeness (QED) is 0.465.